The molecule has 2 heteroatoms. The maximum atomic E-state index is 11.8. The average Bonchev–Trinajstić information content (AvgIpc) is 2.18. The lowest BCUT2D eigenvalue weighted by molar-refractivity contribution is -0.123. The van der Waals surface area contributed by atoms with Crippen molar-refractivity contribution in [2.75, 3.05) is 0 Å². The Morgan fingerprint density at radius 1 is 1.43 bits per heavy atom. The maximum absolute atomic E-state index is 11.8. The van der Waals surface area contributed by atoms with Crippen LogP contribution in [0.3, 0.4) is 0 Å². The molecule has 0 aromatic carbocycles. The van der Waals surface area contributed by atoms with Crippen LogP contribution in [-0.4, -0.2) is 11.8 Å². The van der Waals surface area contributed by atoms with E-state index in [9.17, 15) is 4.79 Å². The second kappa shape index (κ2) is 5.30. The summed E-state index contributed by atoms with van der Waals surface area (Å²) in [5.41, 5.74) is 6.98. The van der Waals surface area contributed by atoms with Gasteiger partial charge in [-0.25, -0.2) is 0 Å². The molecular formula is C12H21NO. The van der Waals surface area contributed by atoms with E-state index >= 15 is 0 Å². The largest absolute Gasteiger partial charge is 0.327 e. The predicted octanol–water partition coefficient (Wildman–Crippen LogP) is 2.43. The van der Waals surface area contributed by atoms with E-state index in [0.29, 0.717) is 12.2 Å². The molecule has 0 aliphatic heterocycles. The molecule has 0 bridgehead atoms. The lowest BCUT2D eigenvalue weighted by Crippen LogP contribution is -2.38. The van der Waals surface area contributed by atoms with Crippen molar-refractivity contribution in [3.05, 3.63) is 12.2 Å². The third-order valence-electron chi connectivity index (χ3n) is 3.16. The Kier molecular flexibility index (Phi) is 4.33. The van der Waals surface area contributed by atoms with Gasteiger partial charge in [0, 0.05) is 18.4 Å². The van der Waals surface area contributed by atoms with Crippen molar-refractivity contribution in [3.8, 4) is 0 Å². The summed E-state index contributed by atoms with van der Waals surface area (Å²) in [4.78, 5) is 11.8. The minimum Gasteiger partial charge on any atom is -0.327 e. The van der Waals surface area contributed by atoms with Crippen LogP contribution in [-0.2, 0) is 4.79 Å². The molecule has 2 atom stereocenters. The Morgan fingerprint density at radius 3 is 2.64 bits per heavy atom. The van der Waals surface area contributed by atoms with Crippen molar-refractivity contribution in [1.29, 1.82) is 0 Å². The van der Waals surface area contributed by atoms with Gasteiger partial charge in [0.15, 0.2) is 0 Å². The van der Waals surface area contributed by atoms with Gasteiger partial charge < -0.3 is 5.73 Å². The molecule has 0 aromatic heterocycles. The fourth-order valence-electron chi connectivity index (χ4n) is 2.06. The van der Waals surface area contributed by atoms with Gasteiger partial charge in [-0.15, -0.1) is 0 Å². The summed E-state index contributed by atoms with van der Waals surface area (Å²) in [5, 5.41) is 0. The van der Waals surface area contributed by atoms with E-state index in [0.717, 1.165) is 31.3 Å². The Bertz CT molecular complexity index is 222. The van der Waals surface area contributed by atoms with Crippen LogP contribution in [0.25, 0.3) is 0 Å². The molecule has 1 saturated carbocycles. The molecule has 2 nitrogen and oxygen atoms in total. The van der Waals surface area contributed by atoms with E-state index in [1.165, 1.54) is 6.42 Å². The predicted molar refractivity (Wildman–Crippen MR) is 59.0 cm³/mol. The first-order chi connectivity index (χ1) is 6.65. The summed E-state index contributed by atoms with van der Waals surface area (Å²) < 4.78 is 0. The summed E-state index contributed by atoms with van der Waals surface area (Å²) in [6.45, 7) is 5.91. The highest BCUT2D eigenvalue weighted by Crippen LogP contribution is 2.25. The smallest absolute Gasteiger partial charge is 0.141 e. The third kappa shape index (κ3) is 2.95. The first-order valence-electron chi connectivity index (χ1n) is 5.60. The van der Waals surface area contributed by atoms with Gasteiger partial charge >= 0.3 is 0 Å². The third-order valence-corrected chi connectivity index (χ3v) is 3.16. The molecule has 0 heterocycles. The van der Waals surface area contributed by atoms with Gasteiger partial charge in [-0.3, -0.25) is 4.79 Å². The van der Waals surface area contributed by atoms with E-state index in [-0.39, 0.29) is 12.0 Å². The van der Waals surface area contributed by atoms with Gasteiger partial charge in [-0.1, -0.05) is 31.9 Å². The van der Waals surface area contributed by atoms with Gasteiger partial charge in [0.2, 0.25) is 0 Å². The van der Waals surface area contributed by atoms with E-state index in [2.05, 4.69) is 6.58 Å². The van der Waals surface area contributed by atoms with Gasteiger partial charge in [0.25, 0.3) is 0 Å². The quantitative estimate of drug-likeness (QED) is 0.700. The van der Waals surface area contributed by atoms with E-state index in [1.807, 2.05) is 6.92 Å². The summed E-state index contributed by atoms with van der Waals surface area (Å²) >= 11 is 0. The molecule has 0 spiro atoms. The van der Waals surface area contributed by atoms with E-state index < -0.39 is 0 Å². The second-order valence-electron chi connectivity index (χ2n) is 4.30. The lowest BCUT2D eigenvalue weighted by atomic mass is 9.80. The van der Waals surface area contributed by atoms with Crippen molar-refractivity contribution in [2.24, 2.45) is 11.7 Å². The van der Waals surface area contributed by atoms with Crippen LogP contribution in [0.1, 0.15) is 45.4 Å². The second-order valence-corrected chi connectivity index (χ2v) is 4.30. The molecule has 14 heavy (non-hydrogen) atoms. The normalized spacial score (nSPS) is 27.3. The SMILES string of the molecule is C=C(CC)CC(=O)C1CCCCC1N. The van der Waals surface area contributed by atoms with Gasteiger partial charge in [0.1, 0.15) is 5.78 Å². The number of ketones is 1. The van der Waals surface area contributed by atoms with Gasteiger partial charge in [0.05, 0.1) is 0 Å². The van der Waals surface area contributed by atoms with Crippen molar-refractivity contribution >= 4 is 5.78 Å². The summed E-state index contributed by atoms with van der Waals surface area (Å²) in [6.07, 6.45) is 5.76. The Balaban J connectivity index is 2.46. The highest BCUT2D eigenvalue weighted by atomic mass is 16.1. The molecule has 1 fully saturated rings. The molecule has 0 amide bonds. The van der Waals surface area contributed by atoms with Crippen molar-refractivity contribution in [2.45, 2.75) is 51.5 Å². The highest BCUT2D eigenvalue weighted by molar-refractivity contribution is 5.83. The number of allylic oxidation sites excluding steroid dienone is 1. The first-order valence-corrected chi connectivity index (χ1v) is 5.60. The Labute approximate surface area is 86.6 Å². The van der Waals surface area contributed by atoms with Crippen LogP contribution < -0.4 is 5.73 Å². The number of carbonyl (C=O) groups excluding carboxylic acids is 1. The number of hydrogen-bond acceptors (Lipinski definition) is 2. The average molecular weight is 195 g/mol. The zero-order chi connectivity index (χ0) is 10.6. The lowest BCUT2D eigenvalue weighted by Gasteiger charge is -2.27. The molecule has 2 N–H and O–H groups in total. The topological polar surface area (TPSA) is 43.1 Å². The molecule has 1 rings (SSSR count). The molecular weight excluding hydrogens is 174 g/mol. The van der Waals surface area contributed by atoms with Crippen molar-refractivity contribution in [3.63, 3.8) is 0 Å². The van der Waals surface area contributed by atoms with Crippen LogP contribution in [0, 0.1) is 5.92 Å². The first kappa shape index (κ1) is 11.4. The summed E-state index contributed by atoms with van der Waals surface area (Å²) in [6, 6.07) is 0.0981. The standard InChI is InChI=1S/C12H21NO/c1-3-9(2)8-12(14)10-6-4-5-7-11(10)13/h10-11H,2-8,13H2,1H3. The molecule has 1 aliphatic rings. The van der Waals surface area contributed by atoms with Crippen LogP contribution in [0.2, 0.25) is 0 Å². The van der Waals surface area contributed by atoms with Crippen LogP contribution in [0.15, 0.2) is 12.2 Å². The van der Waals surface area contributed by atoms with Crippen molar-refractivity contribution < 1.29 is 4.79 Å². The Hall–Kier alpha value is -0.630. The minimum atomic E-state index is 0.0981. The van der Waals surface area contributed by atoms with Gasteiger partial charge in [-0.2, -0.15) is 0 Å². The minimum absolute atomic E-state index is 0.0981. The number of rotatable bonds is 4. The molecule has 80 valence electrons. The molecule has 2 unspecified atom stereocenters. The number of Topliss-reactive ketones (excluding diaryl/α,β-unsaturated/α-hetero) is 1. The molecule has 0 radical (unpaired) electrons. The number of hydrogen-bond donors (Lipinski definition) is 1. The molecule has 0 aromatic rings. The summed E-state index contributed by atoms with van der Waals surface area (Å²) in [7, 11) is 0. The van der Waals surface area contributed by atoms with Crippen LogP contribution in [0.4, 0.5) is 0 Å². The van der Waals surface area contributed by atoms with Crippen molar-refractivity contribution in [1.82, 2.24) is 0 Å². The fourth-order valence-corrected chi connectivity index (χ4v) is 2.06. The number of nitrogens with two attached hydrogens (primary N) is 1. The van der Waals surface area contributed by atoms with Gasteiger partial charge in [-0.05, 0) is 19.3 Å². The number of carbonyl (C=O) groups is 1. The highest BCUT2D eigenvalue weighted by Gasteiger charge is 2.27. The Morgan fingerprint density at radius 2 is 2.07 bits per heavy atom. The summed E-state index contributed by atoms with van der Waals surface area (Å²) in [5.74, 6) is 0.413. The zero-order valence-electron chi connectivity index (χ0n) is 9.09. The molecule has 1 aliphatic carbocycles. The van der Waals surface area contributed by atoms with Crippen LogP contribution >= 0.6 is 0 Å². The zero-order valence-corrected chi connectivity index (χ0v) is 9.09. The van der Waals surface area contributed by atoms with E-state index in [4.69, 9.17) is 5.73 Å². The monoisotopic (exact) mass is 195 g/mol. The maximum Gasteiger partial charge on any atom is 0.141 e. The van der Waals surface area contributed by atoms with E-state index in [1.54, 1.807) is 0 Å². The van der Waals surface area contributed by atoms with Crippen LogP contribution in [0.5, 0.6) is 0 Å². The fraction of sp³-hybridized carbons (Fsp3) is 0.750. The molecule has 0 saturated heterocycles.